The van der Waals surface area contributed by atoms with E-state index in [1.54, 1.807) is 27.4 Å². The van der Waals surface area contributed by atoms with Crippen LogP contribution in [0.15, 0.2) is 85.0 Å². The zero-order chi connectivity index (χ0) is 35.1. The van der Waals surface area contributed by atoms with Gasteiger partial charge in [0.1, 0.15) is 0 Å². The Morgan fingerprint density at radius 2 is 1.22 bits per heavy atom. The third kappa shape index (κ3) is 11.1. The van der Waals surface area contributed by atoms with Crippen LogP contribution < -0.4 is 24.8 Å². The number of halogens is 2. The molecule has 0 unspecified atom stereocenters. The fourth-order valence-electron chi connectivity index (χ4n) is 6.65. The topological polar surface area (TPSA) is 0 Å². The standard InChI is InChI=1S/C35H37.C7H14.C5H5.2ClH.Zr/c1-22-13-9-11-15-26(22)30-18-24-17-25-19-31(27-16-12-10-14-23(27)2)33(35(6,7)8)21-29(25)28(24)20-32(30)34(3,4)5;1-3-5-7-6-4-2;1-2-4-5-3-1;;;/h9-16,18,20-21H,17H2,1-8H3;3-6H2,1-2H3;1-3H,4H2;2*1H;/q-1;;-1;;;+2/p-2. The summed E-state index contributed by atoms with van der Waals surface area (Å²) < 4.78 is 1.75. The molecule has 4 aromatic carbocycles. The second-order valence-corrected chi connectivity index (χ2v) is 17.2. The summed E-state index contributed by atoms with van der Waals surface area (Å²) in [5, 5.41) is 0. The maximum absolute atomic E-state index is 3.93. The first-order valence-electron chi connectivity index (χ1n) is 17.9. The molecular weight excluding hydrogens is 727 g/mol. The minimum Gasteiger partial charge on any atom is -1.00 e. The molecule has 0 amide bonds. The molecule has 0 nitrogen and oxygen atoms in total. The predicted octanol–water partition coefficient (Wildman–Crippen LogP) is 7.22. The third-order valence-corrected chi connectivity index (χ3v) is 10.4. The van der Waals surface area contributed by atoms with Gasteiger partial charge in [0.05, 0.1) is 0 Å². The molecule has 6 rings (SSSR count). The Bertz CT molecular complexity index is 1660. The van der Waals surface area contributed by atoms with Crippen LogP contribution in [0, 0.1) is 26.0 Å². The van der Waals surface area contributed by atoms with E-state index in [0.29, 0.717) is 0 Å². The summed E-state index contributed by atoms with van der Waals surface area (Å²) in [6.45, 7) is 22.9. The number of rotatable bonds is 6. The summed E-state index contributed by atoms with van der Waals surface area (Å²) in [7, 11) is 0. The van der Waals surface area contributed by atoms with Crippen molar-refractivity contribution >= 4 is 3.21 Å². The van der Waals surface area contributed by atoms with Crippen molar-refractivity contribution < 1.29 is 49.0 Å². The van der Waals surface area contributed by atoms with Crippen molar-refractivity contribution in [2.45, 2.75) is 119 Å². The third-order valence-electron chi connectivity index (χ3n) is 9.21. The van der Waals surface area contributed by atoms with Gasteiger partial charge < -0.3 is 24.8 Å². The van der Waals surface area contributed by atoms with Crippen molar-refractivity contribution in [2.75, 3.05) is 0 Å². The van der Waals surface area contributed by atoms with Crippen LogP contribution >= 0.6 is 0 Å². The van der Waals surface area contributed by atoms with Gasteiger partial charge >= 0.3 is 67.0 Å². The van der Waals surface area contributed by atoms with Gasteiger partial charge in [0, 0.05) is 0 Å². The van der Waals surface area contributed by atoms with Gasteiger partial charge in [-0.05, 0) is 58.9 Å². The molecular formula is C47H56Cl2Zr-2. The summed E-state index contributed by atoms with van der Waals surface area (Å²) in [6, 6.07) is 28.9. The molecule has 0 saturated carbocycles. The smallest absolute Gasteiger partial charge is 0.0126 e. The van der Waals surface area contributed by atoms with Gasteiger partial charge in [0.15, 0.2) is 0 Å². The van der Waals surface area contributed by atoms with E-state index in [1.807, 2.05) is 12.2 Å². The first-order valence-corrected chi connectivity index (χ1v) is 19.2. The molecule has 4 aromatic rings. The second kappa shape index (κ2) is 19.5. The van der Waals surface area contributed by atoms with Crippen LogP contribution in [0.4, 0.5) is 0 Å². The van der Waals surface area contributed by atoms with E-state index in [0.717, 1.165) is 12.8 Å². The first kappa shape index (κ1) is 43.9. The van der Waals surface area contributed by atoms with Crippen molar-refractivity contribution in [1.29, 1.82) is 0 Å². The van der Waals surface area contributed by atoms with Gasteiger partial charge in [-0.15, -0.1) is 35.2 Å². The Morgan fingerprint density at radius 1 is 0.680 bits per heavy atom. The van der Waals surface area contributed by atoms with Gasteiger partial charge in [-0.3, -0.25) is 6.08 Å². The molecule has 0 fully saturated rings. The molecule has 0 saturated heterocycles. The SMILES string of the molecule is CCC[C](=[Zr+2])CCC.Cc1ccccc1-c1[c-]c2c(cc1C(C)(C)C)-c1cc(C(C)(C)C)c(-c3ccccc3C)cc1C2.[C-]1=CC=CC1.[Cl-].[Cl-]. The first-order chi connectivity index (χ1) is 22.8. The Kier molecular flexibility index (Phi) is 17.1. The Labute approximate surface area is 332 Å². The number of aryl methyl sites for hydroxylation is 2. The van der Waals surface area contributed by atoms with Crippen molar-refractivity contribution in [2.24, 2.45) is 0 Å². The van der Waals surface area contributed by atoms with E-state index < -0.39 is 0 Å². The van der Waals surface area contributed by atoms with Crippen LogP contribution in [-0.2, 0) is 41.5 Å². The summed E-state index contributed by atoms with van der Waals surface area (Å²) in [4.78, 5) is 0. The monoisotopic (exact) mass is 780 g/mol. The largest absolute Gasteiger partial charge is 1.00 e. The average Bonchev–Trinajstić information content (AvgIpc) is 3.72. The van der Waals surface area contributed by atoms with Crippen molar-refractivity contribution in [1.82, 2.24) is 0 Å². The predicted molar refractivity (Wildman–Crippen MR) is 208 cm³/mol. The fourth-order valence-corrected chi connectivity index (χ4v) is 7.87. The molecule has 0 heterocycles. The zero-order valence-electron chi connectivity index (χ0n) is 32.1. The van der Waals surface area contributed by atoms with Gasteiger partial charge in [-0.25, -0.2) is 12.2 Å². The molecule has 50 heavy (non-hydrogen) atoms. The van der Waals surface area contributed by atoms with E-state index in [2.05, 4.69) is 154 Å². The Morgan fingerprint density at radius 3 is 1.68 bits per heavy atom. The number of benzene rings is 4. The molecule has 2 aliphatic rings. The fraction of sp³-hybridized carbons (Fsp3) is 0.383. The maximum Gasteiger partial charge on any atom is -0.0126 e. The summed E-state index contributed by atoms with van der Waals surface area (Å²) in [5.41, 5.74) is 16.3. The van der Waals surface area contributed by atoms with Gasteiger partial charge in [0.25, 0.3) is 0 Å². The summed E-state index contributed by atoms with van der Waals surface area (Å²) in [5.74, 6) is 0. The molecule has 264 valence electrons. The minimum atomic E-state index is 0. The van der Waals surface area contributed by atoms with E-state index in [4.69, 9.17) is 0 Å². The van der Waals surface area contributed by atoms with E-state index in [-0.39, 0.29) is 35.6 Å². The van der Waals surface area contributed by atoms with E-state index in [1.165, 1.54) is 92.4 Å². The van der Waals surface area contributed by atoms with Crippen LogP contribution in [0.3, 0.4) is 0 Å². The van der Waals surface area contributed by atoms with E-state index >= 15 is 0 Å². The van der Waals surface area contributed by atoms with E-state index in [9.17, 15) is 0 Å². The quantitative estimate of drug-likeness (QED) is 0.160. The van der Waals surface area contributed by atoms with Gasteiger partial charge in [-0.2, -0.15) is 6.08 Å². The van der Waals surface area contributed by atoms with Crippen LogP contribution in [0.1, 0.15) is 121 Å². The molecule has 2 aliphatic carbocycles. The average molecular weight is 783 g/mol. The van der Waals surface area contributed by atoms with Crippen LogP contribution in [0.2, 0.25) is 0 Å². The van der Waals surface area contributed by atoms with Crippen molar-refractivity contribution in [3.8, 4) is 33.4 Å². The number of fused-ring (bicyclic) bond motifs is 3. The molecule has 0 aromatic heterocycles. The maximum atomic E-state index is 3.93. The Balaban J connectivity index is 0.000000489. The zero-order valence-corrected chi connectivity index (χ0v) is 36.1. The number of allylic oxidation sites excluding steroid dienone is 4. The van der Waals surface area contributed by atoms with Crippen molar-refractivity contribution in [3.63, 3.8) is 0 Å². The van der Waals surface area contributed by atoms with Crippen LogP contribution in [-0.4, -0.2) is 3.21 Å². The Hall–Kier alpha value is -2.31. The normalized spacial score (nSPS) is 12.4. The molecule has 0 spiro atoms. The summed E-state index contributed by atoms with van der Waals surface area (Å²) >= 11 is 1.65. The van der Waals surface area contributed by atoms with Gasteiger partial charge in [-0.1, -0.05) is 124 Å². The van der Waals surface area contributed by atoms with Crippen molar-refractivity contribution in [3.05, 3.63) is 130 Å². The molecule has 0 aliphatic heterocycles. The van der Waals surface area contributed by atoms with Gasteiger partial charge in [0.2, 0.25) is 0 Å². The molecule has 0 atom stereocenters. The number of hydrogen-bond acceptors (Lipinski definition) is 0. The molecule has 3 heteroatoms. The minimum absolute atomic E-state index is 0. The van der Waals surface area contributed by atoms with Crippen LogP contribution in [0.5, 0.6) is 0 Å². The summed E-state index contributed by atoms with van der Waals surface area (Å²) in [6.07, 6.45) is 16.3. The second-order valence-electron chi connectivity index (χ2n) is 15.4. The molecule has 0 radical (unpaired) electrons. The molecule has 0 bridgehead atoms. The molecule has 0 N–H and O–H groups in total. The number of hydrogen-bond donors (Lipinski definition) is 0. The van der Waals surface area contributed by atoms with Crippen LogP contribution in [0.25, 0.3) is 33.4 Å².